The van der Waals surface area contributed by atoms with Gasteiger partial charge >= 0.3 is 0 Å². The van der Waals surface area contributed by atoms with Crippen molar-refractivity contribution in [3.8, 4) is 5.75 Å². The minimum atomic E-state index is -0.446. The van der Waals surface area contributed by atoms with Crippen LogP contribution in [0.2, 0.25) is 0 Å². The maximum absolute atomic E-state index is 13.7. The van der Waals surface area contributed by atoms with E-state index in [1.54, 1.807) is 12.1 Å². The molecule has 0 aromatic heterocycles. The Morgan fingerprint density at radius 2 is 2.06 bits per heavy atom. The Balaban J connectivity index is 2.05. The van der Waals surface area contributed by atoms with E-state index in [1.165, 1.54) is 32.3 Å². The van der Waals surface area contributed by atoms with Crippen molar-refractivity contribution in [1.29, 1.82) is 0 Å². The summed E-state index contributed by atoms with van der Waals surface area (Å²) in [6.07, 6.45) is 6.03. The largest absolute Gasteiger partial charge is 0.489 e. The van der Waals surface area contributed by atoms with Crippen LogP contribution >= 0.6 is 0 Å². The molecule has 0 spiro atoms. The number of Topliss-reactive ketones (excluding diaryl/α,β-unsaturated/α-hetero) is 1. The van der Waals surface area contributed by atoms with E-state index in [2.05, 4.69) is 0 Å². The number of ketones is 1. The highest BCUT2D eigenvalue weighted by Gasteiger charge is 2.17. The van der Waals surface area contributed by atoms with Crippen molar-refractivity contribution in [2.45, 2.75) is 39.0 Å². The van der Waals surface area contributed by atoms with Crippen molar-refractivity contribution < 1.29 is 13.9 Å². The van der Waals surface area contributed by atoms with E-state index in [0.717, 1.165) is 12.8 Å². The molecule has 0 radical (unpaired) electrons. The molecule has 3 heteroatoms. The molecule has 1 fully saturated rings. The molecule has 2 nitrogen and oxygen atoms in total. The monoisotopic (exact) mass is 250 g/mol. The zero-order valence-corrected chi connectivity index (χ0v) is 10.7. The Kier molecular flexibility index (Phi) is 4.34. The van der Waals surface area contributed by atoms with Gasteiger partial charge in [-0.25, -0.2) is 4.39 Å². The van der Waals surface area contributed by atoms with E-state index in [9.17, 15) is 9.18 Å². The normalized spacial score (nSPS) is 16.6. The number of para-hydroxylation sites is 1. The number of hydrogen-bond acceptors (Lipinski definition) is 2. The molecule has 0 aliphatic heterocycles. The number of rotatable bonds is 4. The standard InChI is InChI=1S/C15H19FO2/c1-11(17)13-8-5-9-14(16)15(13)18-10-12-6-3-2-4-7-12/h5,8-9,12H,2-4,6-7,10H2,1H3. The maximum Gasteiger partial charge on any atom is 0.165 e. The van der Waals surface area contributed by atoms with Gasteiger partial charge in [-0.15, -0.1) is 0 Å². The van der Waals surface area contributed by atoms with Gasteiger partial charge in [-0.1, -0.05) is 25.3 Å². The Labute approximate surface area is 107 Å². The van der Waals surface area contributed by atoms with Crippen molar-refractivity contribution in [3.63, 3.8) is 0 Å². The summed E-state index contributed by atoms with van der Waals surface area (Å²) >= 11 is 0. The van der Waals surface area contributed by atoms with E-state index in [4.69, 9.17) is 4.74 Å². The van der Waals surface area contributed by atoms with E-state index in [0.29, 0.717) is 18.1 Å². The molecule has 1 aliphatic rings. The van der Waals surface area contributed by atoms with Crippen LogP contribution in [-0.2, 0) is 0 Å². The van der Waals surface area contributed by atoms with Crippen molar-refractivity contribution in [3.05, 3.63) is 29.6 Å². The Morgan fingerprint density at radius 3 is 2.72 bits per heavy atom. The first kappa shape index (κ1) is 13.1. The first-order valence-electron chi connectivity index (χ1n) is 6.60. The van der Waals surface area contributed by atoms with Gasteiger partial charge in [0.2, 0.25) is 0 Å². The fourth-order valence-corrected chi connectivity index (χ4v) is 2.49. The van der Waals surface area contributed by atoms with Gasteiger partial charge in [0.05, 0.1) is 12.2 Å². The van der Waals surface area contributed by atoms with Gasteiger partial charge in [0, 0.05) is 0 Å². The van der Waals surface area contributed by atoms with Crippen LogP contribution in [-0.4, -0.2) is 12.4 Å². The van der Waals surface area contributed by atoms with Gasteiger partial charge in [-0.2, -0.15) is 0 Å². The van der Waals surface area contributed by atoms with Gasteiger partial charge in [0.25, 0.3) is 0 Å². The van der Waals surface area contributed by atoms with Crippen molar-refractivity contribution in [1.82, 2.24) is 0 Å². The van der Waals surface area contributed by atoms with Crippen LogP contribution < -0.4 is 4.74 Å². The first-order valence-corrected chi connectivity index (χ1v) is 6.60. The molecule has 0 bridgehead atoms. The van der Waals surface area contributed by atoms with Crippen molar-refractivity contribution >= 4 is 5.78 Å². The average molecular weight is 250 g/mol. The Morgan fingerprint density at radius 1 is 1.33 bits per heavy atom. The van der Waals surface area contributed by atoms with Gasteiger partial charge in [0.1, 0.15) is 0 Å². The molecule has 0 amide bonds. The fourth-order valence-electron chi connectivity index (χ4n) is 2.49. The summed E-state index contributed by atoms with van der Waals surface area (Å²) in [6.45, 7) is 1.95. The summed E-state index contributed by atoms with van der Waals surface area (Å²) in [5, 5.41) is 0. The molecule has 1 saturated carbocycles. The minimum Gasteiger partial charge on any atom is -0.489 e. The molecule has 2 rings (SSSR count). The zero-order chi connectivity index (χ0) is 13.0. The Bertz CT molecular complexity index is 423. The van der Waals surface area contributed by atoms with Crippen LogP contribution in [0.3, 0.4) is 0 Å². The van der Waals surface area contributed by atoms with Gasteiger partial charge < -0.3 is 4.74 Å². The molecule has 18 heavy (non-hydrogen) atoms. The number of ether oxygens (including phenoxy) is 1. The van der Waals surface area contributed by atoms with E-state index in [-0.39, 0.29) is 11.5 Å². The lowest BCUT2D eigenvalue weighted by atomic mass is 9.90. The summed E-state index contributed by atoms with van der Waals surface area (Å²) in [6, 6.07) is 4.49. The molecule has 1 aromatic rings. The topological polar surface area (TPSA) is 26.3 Å². The average Bonchev–Trinajstić information content (AvgIpc) is 2.38. The lowest BCUT2D eigenvalue weighted by molar-refractivity contribution is 0.101. The number of benzene rings is 1. The second kappa shape index (κ2) is 5.98. The summed E-state index contributed by atoms with van der Waals surface area (Å²) in [5.74, 6) is 0.0143. The number of halogens is 1. The third-order valence-electron chi connectivity index (χ3n) is 3.53. The minimum absolute atomic E-state index is 0.121. The van der Waals surface area contributed by atoms with E-state index < -0.39 is 5.82 Å². The van der Waals surface area contributed by atoms with Crippen LogP contribution in [0.15, 0.2) is 18.2 Å². The van der Waals surface area contributed by atoms with Crippen LogP contribution in [0.25, 0.3) is 0 Å². The van der Waals surface area contributed by atoms with Crippen LogP contribution in [0.1, 0.15) is 49.4 Å². The second-order valence-electron chi connectivity index (χ2n) is 4.99. The number of carbonyl (C=O) groups excluding carboxylic acids is 1. The van der Waals surface area contributed by atoms with Crippen molar-refractivity contribution in [2.24, 2.45) is 5.92 Å². The Hall–Kier alpha value is -1.38. The molecule has 98 valence electrons. The van der Waals surface area contributed by atoms with Gasteiger partial charge in [0.15, 0.2) is 17.3 Å². The molecular formula is C15H19FO2. The van der Waals surface area contributed by atoms with E-state index >= 15 is 0 Å². The van der Waals surface area contributed by atoms with Crippen LogP contribution in [0.5, 0.6) is 5.75 Å². The summed E-state index contributed by atoms with van der Waals surface area (Å²) in [4.78, 5) is 11.4. The lowest BCUT2D eigenvalue weighted by Gasteiger charge is -2.22. The second-order valence-corrected chi connectivity index (χ2v) is 4.99. The lowest BCUT2D eigenvalue weighted by Crippen LogP contribution is -2.16. The zero-order valence-electron chi connectivity index (χ0n) is 10.7. The predicted molar refractivity (Wildman–Crippen MR) is 68.5 cm³/mol. The van der Waals surface area contributed by atoms with Gasteiger partial charge in [-0.05, 0) is 37.8 Å². The molecular weight excluding hydrogens is 231 g/mol. The van der Waals surface area contributed by atoms with Crippen molar-refractivity contribution in [2.75, 3.05) is 6.61 Å². The van der Waals surface area contributed by atoms with Crippen LogP contribution in [0, 0.1) is 11.7 Å². The molecule has 0 saturated heterocycles. The molecule has 0 unspecified atom stereocenters. The summed E-state index contributed by atoms with van der Waals surface area (Å²) < 4.78 is 19.3. The molecule has 1 aromatic carbocycles. The third kappa shape index (κ3) is 3.09. The molecule has 0 heterocycles. The van der Waals surface area contributed by atoms with E-state index in [1.807, 2.05) is 0 Å². The molecule has 1 aliphatic carbocycles. The fraction of sp³-hybridized carbons (Fsp3) is 0.533. The quantitative estimate of drug-likeness (QED) is 0.755. The van der Waals surface area contributed by atoms with Crippen LogP contribution in [0.4, 0.5) is 4.39 Å². The first-order chi connectivity index (χ1) is 8.68. The van der Waals surface area contributed by atoms with Gasteiger partial charge in [-0.3, -0.25) is 4.79 Å². The highest BCUT2D eigenvalue weighted by atomic mass is 19.1. The predicted octanol–water partition coefficient (Wildman–Crippen LogP) is 3.99. The highest BCUT2D eigenvalue weighted by molar-refractivity contribution is 5.96. The highest BCUT2D eigenvalue weighted by Crippen LogP contribution is 2.27. The molecule has 0 N–H and O–H groups in total. The number of hydrogen-bond donors (Lipinski definition) is 0. The maximum atomic E-state index is 13.7. The third-order valence-corrected chi connectivity index (χ3v) is 3.53. The summed E-state index contributed by atoms with van der Waals surface area (Å²) in [5.41, 5.74) is 0.339. The smallest absolute Gasteiger partial charge is 0.165 e. The number of carbonyl (C=O) groups is 1. The SMILES string of the molecule is CC(=O)c1cccc(F)c1OCC1CCCCC1. The summed E-state index contributed by atoms with van der Waals surface area (Å²) in [7, 11) is 0. The molecule has 0 atom stereocenters.